The Labute approximate surface area is 103 Å². The van der Waals surface area contributed by atoms with E-state index in [1.807, 2.05) is 0 Å². The molecule has 2 aromatic carbocycles. The average Bonchev–Trinajstić information content (AvgIpc) is 2.24. The van der Waals surface area contributed by atoms with Gasteiger partial charge in [-0.2, -0.15) is 16.8 Å². The third-order valence-corrected chi connectivity index (χ3v) is 4.79. The molecule has 94 valence electrons. The summed E-state index contributed by atoms with van der Waals surface area (Å²) in [6, 6.07) is 7.54. The Bertz CT molecular complexity index is 880. The van der Waals surface area contributed by atoms with Gasteiger partial charge < -0.3 is 4.18 Å². The molecule has 0 radical (unpaired) electrons. The van der Waals surface area contributed by atoms with Gasteiger partial charge in [-0.1, -0.05) is 24.3 Å². The van der Waals surface area contributed by atoms with E-state index in [1.54, 1.807) is 24.3 Å². The molecule has 0 aromatic heterocycles. The molecule has 0 amide bonds. The van der Waals surface area contributed by atoms with Gasteiger partial charge in [0, 0.05) is 5.39 Å². The van der Waals surface area contributed by atoms with Crippen LogP contribution in [0, 0.1) is 0 Å². The zero-order chi connectivity index (χ0) is 13.1. The molecule has 0 aliphatic carbocycles. The van der Waals surface area contributed by atoms with E-state index in [2.05, 4.69) is 4.18 Å². The Kier molecular flexibility index (Phi) is 2.05. The fourth-order valence-corrected chi connectivity index (χ4v) is 3.87. The van der Waals surface area contributed by atoms with Gasteiger partial charge >= 0.3 is 10.1 Å². The van der Waals surface area contributed by atoms with Crippen LogP contribution < -0.4 is 4.18 Å². The first-order valence-electron chi connectivity index (χ1n) is 4.78. The monoisotopic (exact) mass is 286 g/mol. The summed E-state index contributed by atoms with van der Waals surface area (Å²) in [5.74, 6) is -0.323. The molecule has 0 spiro atoms. The van der Waals surface area contributed by atoms with Crippen molar-refractivity contribution in [1.82, 2.24) is 0 Å². The minimum absolute atomic E-state index is 0.201. The molecular formula is C10H6O6S2. The van der Waals surface area contributed by atoms with E-state index in [0.717, 1.165) is 0 Å². The van der Waals surface area contributed by atoms with Crippen LogP contribution in [-0.2, 0) is 20.2 Å². The fourth-order valence-electron chi connectivity index (χ4n) is 1.91. The van der Waals surface area contributed by atoms with Crippen molar-refractivity contribution in [3.63, 3.8) is 0 Å². The second-order valence-electron chi connectivity index (χ2n) is 3.77. The van der Waals surface area contributed by atoms with Gasteiger partial charge in [0.25, 0.3) is 10.1 Å². The van der Waals surface area contributed by atoms with E-state index in [1.165, 1.54) is 6.07 Å². The molecule has 0 bridgehead atoms. The second kappa shape index (κ2) is 3.22. The van der Waals surface area contributed by atoms with E-state index in [-0.39, 0.29) is 10.6 Å². The lowest BCUT2D eigenvalue weighted by Crippen LogP contribution is -2.24. The highest BCUT2D eigenvalue weighted by atomic mass is 32.2. The van der Waals surface area contributed by atoms with Crippen molar-refractivity contribution >= 4 is 31.0 Å². The number of hydrogen-bond donors (Lipinski definition) is 1. The number of hydrogen-bond acceptors (Lipinski definition) is 5. The molecule has 0 atom stereocenters. The van der Waals surface area contributed by atoms with Crippen LogP contribution in [0.15, 0.2) is 40.1 Å². The van der Waals surface area contributed by atoms with Crippen LogP contribution in [0.3, 0.4) is 0 Å². The Balaban J connectivity index is 2.56. The first kappa shape index (κ1) is 11.5. The molecule has 3 rings (SSSR count). The average molecular weight is 286 g/mol. The molecule has 0 unspecified atom stereocenters. The van der Waals surface area contributed by atoms with Crippen LogP contribution in [0.4, 0.5) is 0 Å². The molecule has 1 N–H and O–H groups in total. The minimum atomic E-state index is -4.54. The molecule has 2 aromatic rings. The summed E-state index contributed by atoms with van der Waals surface area (Å²) in [7, 11) is -8.46. The van der Waals surface area contributed by atoms with Gasteiger partial charge in [-0.05, 0) is 11.5 Å². The Morgan fingerprint density at radius 3 is 2.44 bits per heavy atom. The molecule has 18 heavy (non-hydrogen) atoms. The van der Waals surface area contributed by atoms with Crippen molar-refractivity contribution in [3.05, 3.63) is 30.3 Å². The third kappa shape index (κ3) is 1.43. The van der Waals surface area contributed by atoms with Crippen molar-refractivity contribution in [2.75, 3.05) is 0 Å². The predicted molar refractivity (Wildman–Crippen MR) is 61.6 cm³/mol. The Morgan fingerprint density at radius 2 is 1.83 bits per heavy atom. The van der Waals surface area contributed by atoms with Crippen molar-refractivity contribution in [1.29, 1.82) is 0 Å². The summed E-state index contributed by atoms with van der Waals surface area (Å²) in [6.07, 6.45) is 0. The molecule has 0 fully saturated rings. The van der Waals surface area contributed by atoms with Crippen LogP contribution in [0.5, 0.6) is 5.75 Å². The van der Waals surface area contributed by atoms with Gasteiger partial charge in [0.05, 0.1) is 0 Å². The van der Waals surface area contributed by atoms with E-state index in [9.17, 15) is 16.8 Å². The van der Waals surface area contributed by atoms with Crippen LogP contribution in [-0.4, -0.2) is 21.4 Å². The highest BCUT2D eigenvalue weighted by molar-refractivity contribution is 7.89. The standard InChI is InChI=1S/C10H6O6S2/c11-17(12,13)8-5-6-3-1-2-4-7(6)10-9(8)16-18(10,14)15/h1-5H,(H,11,12,13). The molecule has 0 saturated carbocycles. The first-order chi connectivity index (χ1) is 8.31. The smallest absolute Gasteiger partial charge is 0.343 e. The SMILES string of the molecule is O=S(=O)(O)c1cc2ccccc2c2c1OS2(=O)=O. The number of benzene rings is 2. The molecule has 0 saturated heterocycles. The summed E-state index contributed by atoms with van der Waals surface area (Å²) in [6.45, 7) is 0. The maximum atomic E-state index is 11.5. The maximum Gasteiger partial charge on any atom is 0.343 e. The van der Waals surface area contributed by atoms with Gasteiger partial charge in [-0.15, -0.1) is 0 Å². The van der Waals surface area contributed by atoms with Crippen molar-refractivity contribution in [2.24, 2.45) is 0 Å². The summed E-state index contributed by atoms with van der Waals surface area (Å²) in [5.41, 5.74) is 0. The predicted octanol–water partition coefficient (Wildman–Crippen LogP) is 1.17. The lowest BCUT2D eigenvalue weighted by atomic mass is 10.1. The third-order valence-electron chi connectivity index (χ3n) is 2.64. The van der Waals surface area contributed by atoms with Crippen LogP contribution in [0.25, 0.3) is 10.8 Å². The molecule has 8 heteroatoms. The molecule has 1 aliphatic heterocycles. The van der Waals surface area contributed by atoms with E-state index < -0.39 is 25.1 Å². The van der Waals surface area contributed by atoms with Crippen molar-refractivity contribution in [2.45, 2.75) is 9.79 Å². The zero-order valence-electron chi connectivity index (χ0n) is 8.69. The van der Waals surface area contributed by atoms with E-state index in [4.69, 9.17) is 4.55 Å². The van der Waals surface area contributed by atoms with Gasteiger partial charge in [-0.25, -0.2) is 0 Å². The lowest BCUT2D eigenvalue weighted by molar-refractivity contribution is 0.428. The highest BCUT2D eigenvalue weighted by Gasteiger charge is 2.41. The second-order valence-corrected chi connectivity index (χ2v) is 6.64. The van der Waals surface area contributed by atoms with Gasteiger partial charge in [0.2, 0.25) is 0 Å². The molecule has 6 nitrogen and oxygen atoms in total. The first-order valence-corrected chi connectivity index (χ1v) is 7.63. The van der Waals surface area contributed by atoms with Crippen LogP contribution in [0.1, 0.15) is 0 Å². The van der Waals surface area contributed by atoms with Gasteiger partial charge in [-0.3, -0.25) is 4.55 Å². The summed E-state index contributed by atoms with van der Waals surface area (Å²) >= 11 is 0. The quantitative estimate of drug-likeness (QED) is 0.624. The lowest BCUT2D eigenvalue weighted by Gasteiger charge is -2.23. The summed E-state index contributed by atoms with van der Waals surface area (Å²) in [5, 5.41) is 0.766. The fraction of sp³-hybridized carbons (Fsp3) is 0. The van der Waals surface area contributed by atoms with Gasteiger partial charge in [0.15, 0.2) is 10.6 Å². The zero-order valence-corrected chi connectivity index (χ0v) is 10.3. The maximum absolute atomic E-state index is 11.5. The minimum Gasteiger partial charge on any atom is -0.376 e. The largest absolute Gasteiger partial charge is 0.376 e. The van der Waals surface area contributed by atoms with E-state index in [0.29, 0.717) is 10.8 Å². The summed E-state index contributed by atoms with van der Waals surface area (Å²) in [4.78, 5) is -0.737. The Hall–Kier alpha value is -1.64. The number of fused-ring (bicyclic) bond motifs is 3. The molecule has 1 heterocycles. The topological polar surface area (TPSA) is 97.7 Å². The van der Waals surface area contributed by atoms with Crippen LogP contribution >= 0.6 is 0 Å². The summed E-state index contributed by atoms with van der Waals surface area (Å²) < 4.78 is 58.9. The van der Waals surface area contributed by atoms with Crippen molar-refractivity contribution in [3.8, 4) is 5.75 Å². The van der Waals surface area contributed by atoms with E-state index >= 15 is 0 Å². The molecular weight excluding hydrogens is 280 g/mol. The molecule has 1 aliphatic rings. The highest BCUT2D eigenvalue weighted by Crippen LogP contribution is 2.46. The number of rotatable bonds is 1. The van der Waals surface area contributed by atoms with Crippen molar-refractivity contribution < 1.29 is 25.6 Å². The normalized spacial score (nSPS) is 16.7. The van der Waals surface area contributed by atoms with Gasteiger partial charge in [0.1, 0.15) is 4.90 Å². The Morgan fingerprint density at radius 1 is 1.17 bits per heavy atom. The van der Waals surface area contributed by atoms with Crippen LogP contribution in [0.2, 0.25) is 0 Å².